The molecule has 2 heterocycles. The molecule has 0 radical (unpaired) electrons. The molecule has 9 heteroatoms. The van der Waals surface area contributed by atoms with Crippen LogP contribution in [0.1, 0.15) is 16.1 Å². The van der Waals surface area contributed by atoms with Gasteiger partial charge in [-0.15, -0.1) is 11.3 Å². The van der Waals surface area contributed by atoms with E-state index in [2.05, 4.69) is 5.32 Å². The highest BCUT2D eigenvalue weighted by atomic mass is 35.5. The Balaban J connectivity index is 2.03. The SMILES string of the molecule is NC(=O)N1CC(NC(=O)c2ccc(Cl)s2)CC1C(=O)O. The zero-order valence-electron chi connectivity index (χ0n) is 10.2. The van der Waals surface area contributed by atoms with Crippen LogP contribution >= 0.6 is 22.9 Å². The van der Waals surface area contributed by atoms with E-state index in [0.717, 1.165) is 16.2 Å². The van der Waals surface area contributed by atoms with Gasteiger partial charge >= 0.3 is 12.0 Å². The summed E-state index contributed by atoms with van der Waals surface area (Å²) < 4.78 is 0.490. The highest BCUT2D eigenvalue weighted by Crippen LogP contribution is 2.23. The first-order valence-electron chi connectivity index (χ1n) is 5.73. The van der Waals surface area contributed by atoms with Crippen LogP contribution in [0, 0.1) is 0 Å². The third-order valence-corrected chi connectivity index (χ3v) is 4.23. The maximum atomic E-state index is 11.9. The molecule has 0 aromatic carbocycles. The zero-order valence-corrected chi connectivity index (χ0v) is 11.8. The lowest BCUT2D eigenvalue weighted by molar-refractivity contribution is -0.141. The Kier molecular flexibility index (Phi) is 4.15. The number of nitrogens with two attached hydrogens (primary N) is 1. The van der Waals surface area contributed by atoms with Crippen LogP contribution in [-0.4, -0.2) is 46.5 Å². The molecule has 2 unspecified atom stereocenters. The highest BCUT2D eigenvalue weighted by Gasteiger charge is 2.39. The predicted molar refractivity (Wildman–Crippen MR) is 72.9 cm³/mol. The normalized spacial score (nSPS) is 21.8. The monoisotopic (exact) mass is 317 g/mol. The summed E-state index contributed by atoms with van der Waals surface area (Å²) in [5.41, 5.74) is 5.13. The molecule has 2 rings (SSSR count). The number of nitrogens with zero attached hydrogens (tertiary/aromatic N) is 1. The fourth-order valence-corrected chi connectivity index (χ4v) is 3.06. The van der Waals surface area contributed by atoms with Crippen molar-refractivity contribution < 1.29 is 19.5 Å². The van der Waals surface area contributed by atoms with Crippen molar-refractivity contribution in [3.8, 4) is 0 Å². The minimum atomic E-state index is -1.14. The molecule has 20 heavy (non-hydrogen) atoms. The molecule has 1 aliphatic heterocycles. The number of hydrogen-bond acceptors (Lipinski definition) is 4. The molecule has 7 nitrogen and oxygen atoms in total. The third-order valence-electron chi connectivity index (χ3n) is 3.00. The molecule has 3 amide bonds. The van der Waals surface area contributed by atoms with Crippen molar-refractivity contribution in [2.24, 2.45) is 5.73 Å². The lowest BCUT2D eigenvalue weighted by atomic mass is 10.1. The lowest BCUT2D eigenvalue weighted by Gasteiger charge is -2.18. The van der Waals surface area contributed by atoms with Crippen LogP contribution in [-0.2, 0) is 4.79 Å². The molecule has 1 fully saturated rings. The molecule has 1 saturated heterocycles. The lowest BCUT2D eigenvalue weighted by Crippen LogP contribution is -2.44. The van der Waals surface area contributed by atoms with Crippen LogP contribution < -0.4 is 11.1 Å². The van der Waals surface area contributed by atoms with E-state index in [1.807, 2.05) is 0 Å². The van der Waals surface area contributed by atoms with Crippen LogP contribution in [0.25, 0.3) is 0 Å². The maximum absolute atomic E-state index is 11.9. The number of rotatable bonds is 3. The summed E-state index contributed by atoms with van der Waals surface area (Å²) in [5, 5.41) is 11.7. The first-order valence-corrected chi connectivity index (χ1v) is 6.93. The van der Waals surface area contributed by atoms with Gasteiger partial charge in [0, 0.05) is 19.0 Å². The molecular formula is C11H12ClN3O4S. The van der Waals surface area contributed by atoms with E-state index in [9.17, 15) is 14.4 Å². The number of carbonyl (C=O) groups excluding carboxylic acids is 2. The molecule has 0 aliphatic carbocycles. The average Bonchev–Trinajstić information content (AvgIpc) is 2.95. The largest absolute Gasteiger partial charge is 0.480 e. The summed E-state index contributed by atoms with van der Waals surface area (Å²) in [5.74, 6) is -1.48. The van der Waals surface area contributed by atoms with Gasteiger partial charge in [0.25, 0.3) is 5.91 Å². The van der Waals surface area contributed by atoms with Crippen molar-refractivity contribution in [1.29, 1.82) is 0 Å². The minimum absolute atomic E-state index is 0.0805. The number of carboxylic acids is 1. The standard InChI is InChI=1S/C11H12ClN3O4S/c12-8-2-1-7(20-8)9(16)14-5-3-6(10(17)18)15(4-5)11(13)19/h1-2,5-6H,3-4H2,(H2,13,19)(H,14,16)(H,17,18). The summed E-state index contributed by atoms with van der Waals surface area (Å²) >= 11 is 6.87. The van der Waals surface area contributed by atoms with Gasteiger partial charge in [0.1, 0.15) is 6.04 Å². The van der Waals surface area contributed by atoms with Crippen molar-refractivity contribution in [1.82, 2.24) is 10.2 Å². The average molecular weight is 318 g/mol. The van der Waals surface area contributed by atoms with E-state index in [1.165, 1.54) is 0 Å². The Morgan fingerprint density at radius 3 is 2.60 bits per heavy atom. The van der Waals surface area contributed by atoms with Crippen molar-refractivity contribution in [3.63, 3.8) is 0 Å². The number of carbonyl (C=O) groups is 3. The molecule has 0 saturated carbocycles. The second kappa shape index (κ2) is 5.68. The smallest absolute Gasteiger partial charge is 0.326 e. The Bertz CT molecular complexity index is 540. The van der Waals surface area contributed by atoms with E-state index in [4.69, 9.17) is 22.4 Å². The summed E-state index contributed by atoms with van der Waals surface area (Å²) in [6, 6.07) is 0.915. The summed E-state index contributed by atoms with van der Waals surface area (Å²) in [6.07, 6.45) is 0.128. The molecule has 108 valence electrons. The number of nitrogens with one attached hydrogen (secondary N) is 1. The third kappa shape index (κ3) is 3.02. The van der Waals surface area contributed by atoms with Gasteiger partial charge in [-0.2, -0.15) is 0 Å². The topological polar surface area (TPSA) is 113 Å². The van der Waals surface area contributed by atoms with Crippen LogP contribution in [0.4, 0.5) is 4.79 Å². The summed E-state index contributed by atoms with van der Waals surface area (Å²) in [7, 11) is 0. The number of likely N-dealkylation sites (tertiary alicyclic amines) is 1. The van der Waals surface area contributed by atoms with Gasteiger partial charge in [-0.25, -0.2) is 9.59 Å². The number of amides is 3. The minimum Gasteiger partial charge on any atom is -0.480 e. The van der Waals surface area contributed by atoms with Crippen molar-refractivity contribution in [3.05, 3.63) is 21.3 Å². The van der Waals surface area contributed by atoms with Gasteiger partial charge in [0.05, 0.1) is 9.21 Å². The quantitative estimate of drug-likeness (QED) is 0.763. The number of thiophene rings is 1. The Hall–Kier alpha value is -1.80. The molecule has 0 spiro atoms. The van der Waals surface area contributed by atoms with Crippen LogP contribution in [0.3, 0.4) is 0 Å². The second-order valence-corrected chi connectivity index (χ2v) is 6.07. The van der Waals surface area contributed by atoms with Gasteiger partial charge in [0.2, 0.25) is 0 Å². The molecule has 0 bridgehead atoms. The molecule has 4 N–H and O–H groups in total. The maximum Gasteiger partial charge on any atom is 0.326 e. The van der Waals surface area contributed by atoms with Crippen LogP contribution in [0.2, 0.25) is 4.34 Å². The van der Waals surface area contributed by atoms with Gasteiger partial charge in [0.15, 0.2) is 0 Å². The second-order valence-electron chi connectivity index (χ2n) is 4.35. The van der Waals surface area contributed by atoms with E-state index in [-0.39, 0.29) is 18.9 Å². The number of halogens is 1. The van der Waals surface area contributed by atoms with E-state index in [0.29, 0.717) is 9.21 Å². The molecule has 1 aromatic rings. The number of hydrogen-bond donors (Lipinski definition) is 3. The van der Waals surface area contributed by atoms with Gasteiger partial charge in [-0.1, -0.05) is 11.6 Å². The number of primary amides is 1. The Morgan fingerprint density at radius 1 is 1.45 bits per heavy atom. The van der Waals surface area contributed by atoms with Gasteiger partial charge in [-0.05, 0) is 12.1 Å². The zero-order chi connectivity index (χ0) is 14.9. The molecule has 1 aliphatic rings. The first kappa shape index (κ1) is 14.6. The van der Waals surface area contributed by atoms with E-state index >= 15 is 0 Å². The Labute approximate surface area is 123 Å². The first-order chi connectivity index (χ1) is 9.38. The van der Waals surface area contributed by atoms with E-state index < -0.39 is 24.1 Å². The van der Waals surface area contributed by atoms with Crippen molar-refractivity contribution in [2.45, 2.75) is 18.5 Å². The highest BCUT2D eigenvalue weighted by molar-refractivity contribution is 7.17. The van der Waals surface area contributed by atoms with Crippen molar-refractivity contribution >= 4 is 40.8 Å². The van der Waals surface area contributed by atoms with Crippen LogP contribution in [0.15, 0.2) is 12.1 Å². The fourth-order valence-electron chi connectivity index (χ4n) is 2.11. The Morgan fingerprint density at radius 2 is 2.15 bits per heavy atom. The number of aliphatic carboxylic acids is 1. The molecule has 1 aromatic heterocycles. The van der Waals surface area contributed by atoms with Crippen LogP contribution in [0.5, 0.6) is 0 Å². The summed E-state index contributed by atoms with van der Waals surface area (Å²) in [4.78, 5) is 35.6. The van der Waals surface area contributed by atoms with E-state index in [1.54, 1.807) is 12.1 Å². The predicted octanol–water partition coefficient (Wildman–Crippen LogP) is 0.738. The van der Waals surface area contributed by atoms with Gasteiger partial charge in [-0.3, -0.25) is 4.79 Å². The molecule has 2 atom stereocenters. The molecular weight excluding hydrogens is 306 g/mol. The fraction of sp³-hybridized carbons (Fsp3) is 0.364. The summed E-state index contributed by atoms with van der Waals surface area (Å²) in [6.45, 7) is 0.0805. The number of urea groups is 1. The van der Waals surface area contributed by atoms with Crippen molar-refractivity contribution in [2.75, 3.05) is 6.54 Å². The number of carboxylic acid groups (broad SMARTS) is 1. The van der Waals surface area contributed by atoms with Gasteiger partial charge < -0.3 is 21.1 Å².